The number of Topliss-reactive ketones (excluding diaryl/α,β-unsaturated/α-hetero) is 2. The number of hydrogen-bond donors (Lipinski definition) is 1. The Hall–Kier alpha value is -4.68. The summed E-state index contributed by atoms with van der Waals surface area (Å²) in [5.74, 6) is -2.40. The van der Waals surface area contributed by atoms with Crippen molar-refractivity contribution >= 4 is 23.2 Å². The zero-order valence-corrected chi connectivity index (χ0v) is 23.0. The van der Waals surface area contributed by atoms with Gasteiger partial charge in [0.2, 0.25) is 5.75 Å². The van der Waals surface area contributed by atoms with Crippen LogP contribution in [0.1, 0.15) is 62.0 Å². The van der Waals surface area contributed by atoms with Crippen molar-refractivity contribution < 1.29 is 47.1 Å². The summed E-state index contributed by atoms with van der Waals surface area (Å²) >= 11 is 0. The van der Waals surface area contributed by atoms with Crippen LogP contribution in [-0.4, -0.2) is 46.1 Å². The van der Waals surface area contributed by atoms with Gasteiger partial charge in [-0.15, -0.1) is 0 Å². The minimum absolute atomic E-state index is 0.0265. The molecule has 10 nitrogen and oxygen atoms in total. The number of halogens is 3. The summed E-state index contributed by atoms with van der Waals surface area (Å²) in [7, 11) is 1.31. The van der Waals surface area contributed by atoms with E-state index in [2.05, 4.69) is 0 Å². The first kappa shape index (κ1) is 29.8. The average molecular weight is 601 g/mol. The Morgan fingerprint density at radius 1 is 0.977 bits per heavy atom. The molecule has 2 aromatic carbocycles. The summed E-state index contributed by atoms with van der Waals surface area (Å²) < 4.78 is 50.6. The molecule has 3 aliphatic rings. The lowest BCUT2D eigenvalue weighted by Crippen LogP contribution is -2.39. The lowest BCUT2D eigenvalue weighted by Gasteiger charge is -2.44. The number of hydrogen-bond acceptors (Lipinski definition) is 8. The first-order chi connectivity index (χ1) is 20.4. The number of aliphatic carboxylic acids is 1. The van der Waals surface area contributed by atoms with E-state index in [-0.39, 0.29) is 48.9 Å². The normalized spacial score (nSPS) is 17.5. The molecule has 1 aliphatic heterocycles. The van der Waals surface area contributed by atoms with Crippen LogP contribution in [0.25, 0.3) is 0 Å². The predicted molar refractivity (Wildman–Crippen MR) is 145 cm³/mol. The van der Waals surface area contributed by atoms with Crippen LogP contribution in [0.4, 0.5) is 18.9 Å². The zero-order chi connectivity index (χ0) is 31.1. The second-order valence-electron chi connectivity index (χ2n) is 10.5. The highest BCUT2D eigenvalue weighted by Gasteiger charge is 2.43. The van der Waals surface area contributed by atoms with E-state index in [0.29, 0.717) is 65.9 Å². The number of rotatable bonds is 8. The van der Waals surface area contributed by atoms with Gasteiger partial charge in [0.25, 0.3) is 0 Å². The van der Waals surface area contributed by atoms with Gasteiger partial charge in [-0.2, -0.15) is 13.2 Å². The zero-order valence-electron chi connectivity index (χ0n) is 23.0. The van der Waals surface area contributed by atoms with Gasteiger partial charge in [0.05, 0.1) is 24.0 Å². The first-order valence-electron chi connectivity index (χ1n) is 13.6. The molecule has 43 heavy (non-hydrogen) atoms. The first-order valence-corrected chi connectivity index (χ1v) is 13.6. The third-order valence-electron chi connectivity index (χ3n) is 7.86. The Kier molecular flexibility index (Phi) is 8.00. The van der Waals surface area contributed by atoms with Crippen molar-refractivity contribution in [3.05, 3.63) is 80.2 Å². The van der Waals surface area contributed by atoms with Crippen LogP contribution in [0.2, 0.25) is 0 Å². The number of ether oxygens (including phenoxy) is 2. The van der Waals surface area contributed by atoms with Crippen molar-refractivity contribution in [2.75, 3.05) is 13.7 Å². The molecular formula is C30H27F3N2O8. The fraction of sp³-hybridized carbons (Fsp3) is 0.367. The van der Waals surface area contributed by atoms with E-state index < -0.39 is 40.0 Å². The molecule has 13 heteroatoms. The monoisotopic (exact) mass is 600 g/mol. The average Bonchev–Trinajstić information content (AvgIpc) is 2.95. The maximum Gasteiger partial charge on any atom is 0.416 e. The Balaban J connectivity index is 1.59. The summed E-state index contributed by atoms with van der Waals surface area (Å²) in [6, 6.07) is 6.47. The fourth-order valence-corrected chi connectivity index (χ4v) is 6.02. The van der Waals surface area contributed by atoms with E-state index in [1.54, 1.807) is 12.1 Å². The number of carbonyl (C=O) groups is 3. The standard InChI is InChI=1S/C30H27F3N2O8/c1-42-25-14-16(8-10-24(25)43-23-11-9-17(30(31,32)33)15-20(23)35(40)41)27-28-18(4-2-6-21(28)36)34(13-12-26(38)39)19-5-3-7-22(37)29(19)27/h8-11,14-15,27H,2-7,12-13H2,1H3,(H,38,39). The Labute approximate surface area is 243 Å². The number of carbonyl (C=O) groups excluding carboxylic acids is 2. The molecule has 226 valence electrons. The minimum Gasteiger partial charge on any atom is -0.493 e. The van der Waals surface area contributed by atoms with Gasteiger partial charge in [-0.25, -0.2) is 0 Å². The van der Waals surface area contributed by atoms with Crippen LogP contribution in [0.5, 0.6) is 17.2 Å². The number of ketones is 2. The largest absolute Gasteiger partial charge is 0.493 e. The topological polar surface area (TPSA) is 136 Å². The van der Waals surface area contributed by atoms with E-state index in [1.807, 2.05) is 4.90 Å². The van der Waals surface area contributed by atoms with Crippen LogP contribution < -0.4 is 9.47 Å². The van der Waals surface area contributed by atoms with Gasteiger partial charge in [-0.1, -0.05) is 6.07 Å². The second-order valence-corrected chi connectivity index (χ2v) is 10.5. The molecular weight excluding hydrogens is 573 g/mol. The number of benzene rings is 2. The number of carboxylic acids is 1. The number of nitro groups is 1. The van der Waals surface area contributed by atoms with Crippen LogP contribution in [-0.2, 0) is 20.6 Å². The molecule has 0 unspecified atom stereocenters. The summed E-state index contributed by atoms with van der Waals surface area (Å²) in [4.78, 5) is 50.7. The molecule has 0 fully saturated rings. The third-order valence-corrected chi connectivity index (χ3v) is 7.86. The van der Waals surface area contributed by atoms with Crippen LogP contribution in [0, 0.1) is 10.1 Å². The summed E-state index contributed by atoms with van der Waals surface area (Å²) in [6.45, 7) is 0.127. The number of nitro benzene ring substituents is 1. The maximum absolute atomic E-state index is 13.4. The molecule has 1 heterocycles. The van der Waals surface area contributed by atoms with Crippen molar-refractivity contribution in [3.8, 4) is 17.2 Å². The molecule has 0 spiro atoms. The van der Waals surface area contributed by atoms with Crippen molar-refractivity contribution in [3.63, 3.8) is 0 Å². The highest BCUT2D eigenvalue weighted by atomic mass is 19.4. The Morgan fingerprint density at radius 2 is 1.58 bits per heavy atom. The molecule has 0 bridgehead atoms. The van der Waals surface area contributed by atoms with E-state index in [4.69, 9.17) is 9.47 Å². The van der Waals surface area contributed by atoms with Gasteiger partial charge < -0.3 is 19.5 Å². The van der Waals surface area contributed by atoms with Crippen molar-refractivity contribution in [1.29, 1.82) is 0 Å². The third kappa shape index (κ3) is 5.71. The smallest absolute Gasteiger partial charge is 0.416 e. The summed E-state index contributed by atoms with van der Waals surface area (Å²) in [5, 5.41) is 20.9. The molecule has 2 aliphatic carbocycles. The van der Waals surface area contributed by atoms with Gasteiger partial charge in [-0.05, 0) is 55.5 Å². The van der Waals surface area contributed by atoms with Crippen LogP contribution >= 0.6 is 0 Å². The molecule has 0 radical (unpaired) electrons. The molecule has 5 rings (SSSR count). The number of nitrogens with zero attached hydrogens (tertiary/aromatic N) is 2. The van der Waals surface area contributed by atoms with Gasteiger partial charge in [-0.3, -0.25) is 24.5 Å². The maximum atomic E-state index is 13.4. The lowest BCUT2D eigenvalue weighted by atomic mass is 9.71. The number of allylic oxidation sites excluding steroid dienone is 4. The van der Waals surface area contributed by atoms with Gasteiger partial charge in [0.15, 0.2) is 23.1 Å². The van der Waals surface area contributed by atoms with Crippen molar-refractivity contribution in [2.24, 2.45) is 0 Å². The molecule has 0 aromatic heterocycles. The van der Waals surface area contributed by atoms with Gasteiger partial charge in [0.1, 0.15) is 0 Å². The van der Waals surface area contributed by atoms with Gasteiger partial charge >= 0.3 is 17.8 Å². The second kappa shape index (κ2) is 11.5. The summed E-state index contributed by atoms with van der Waals surface area (Å²) in [5.41, 5.74) is 0.700. The van der Waals surface area contributed by atoms with E-state index in [9.17, 15) is 42.8 Å². The number of carboxylic acid groups (broad SMARTS) is 1. The molecule has 0 amide bonds. The molecule has 0 saturated carbocycles. The summed E-state index contributed by atoms with van der Waals surface area (Å²) in [6.07, 6.45) is -2.16. The van der Waals surface area contributed by atoms with E-state index in [0.717, 1.165) is 6.07 Å². The van der Waals surface area contributed by atoms with Crippen LogP contribution in [0.3, 0.4) is 0 Å². The molecule has 0 saturated heterocycles. The quantitative estimate of drug-likeness (QED) is 0.273. The van der Waals surface area contributed by atoms with Crippen molar-refractivity contribution in [2.45, 2.75) is 57.0 Å². The highest BCUT2D eigenvalue weighted by Crippen LogP contribution is 2.50. The Morgan fingerprint density at radius 3 is 2.12 bits per heavy atom. The predicted octanol–water partition coefficient (Wildman–Crippen LogP) is 6.30. The highest BCUT2D eigenvalue weighted by molar-refractivity contribution is 6.06. The SMILES string of the molecule is COc1cc(C2C3=C(CCCC3=O)N(CCC(=O)O)C3=C2C(=O)CCC3)ccc1Oc1ccc(C(F)(F)F)cc1[N+](=O)[O-]. The lowest BCUT2D eigenvalue weighted by molar-refractivity contribution is -0.385. The van der Waals surface area contributed by atoms with E-state index >= 15 is 0 Å². The molecule has 1 N–H and O–H groups in total. The van der Waals surface area contributed by atoms with Crippen LogP contribution in [0.15, 0.2) is 58.9 Å². The van der Waals surface area contributed by atoms with Gasteiger partial charge in [0, 0.05) is 53.9 Å². The number of methoxy groups -OCH3 is 1. The Bertz CT molecular complexity index is 1550. The fourth-order valence-electron chi connectivity index (χ4n) is 6.02. The van der Waals surface area contributed by atoms with E-state index in [1.165, 1.54) is 13.2 Å². The van der Waals surface area contributed by atoms with Crippen molar-refractivity contribution in [1.82, 2.24) is 4.90 Å². The molecule has 2 aromatic rings. The number of alkyl halides is 3. The minimum atomic E-state index is -4.79. The molecule has 0 atom stereocenters.